The van der Waals surface area contributed by atoms with E-state index in [4.69, 9.17) is 9.47 Å². The molecule has 21 heavy (non-hydrogen) atoms. The summed E-state index contributed by atoms with van der Waals surface area (Å²) >= 11 is 3.56. The molecule has 1 aromatic rings. The Morgan fingerprint density at radius 2 is 1.76 bits per heavy atom. The van der Waals surface area contributed by atoms with Crippen molar-refractivity contribution >= 4 is 15.9 Å². The zero-order chi connectivity index (χ0) is 14.9. The van der Waals surface area contributed by atoms with Gasteiger partial charge in [0, 0.05) is 24.5 Å². The molecular formula is C17H26BrNO2. The quantitative estimate of drug-likeness (QED) is 0.622. The lowest BCUT2D eigenvalue weighted by molar-refractivity contribution is 0.166. The van der Waals surface area contributed by atoms with Crippen LogP contribution < -0.4 is 9.47 Å². The number of benzene rings is 1. The molecule has 0 spiro atoms. The minimum atomic E-state index is 0.665. The van der Waals surface area contributed by atoms with E-state index >= 15 is 0 Å². The van der Waals surface area contributed by atoms with Crippen LogP contribution in [0.25, 0.3) is 0 Å². The first kappa shape index (κ1) is 16.6. The third kappa shape index (κ3) is 5.19. The van der Waals surface area contributed by atoms with E-state index in [1.54, 1.807) is 0 Å². The van der Waals surface area contributed by atoms with E-state index in [1.165, 1.54) is 25.7 Å². The summed E-state index contributed by atoms with van der Waals surface area (Å²) in [7, 11) is 0. The van der Waals surface area contributed by atoms with Crippen LogP contribution in [0.2, 0.25) is 0 Å². The van der Waals surface area contributed by atoms with Crippen LogP contribution in [0.3, 0.4) is 0 Å². The van der Waals surface area contributed by atoms with Gasteiger partial charge in [0.2, 0.25) is 0 Å². The average Bonchev–Trinajstić information content (AvgIpc) is 3.02. The van der Waals surface area contributed by atoms with Crippen LogP contribution in [-0.4, -0.2) is 42.6 Å². The molecule has 1 fully saturated rings. The second-order valence-electron chi connectivity index (χ2n) is 5.39. The zero-order valence-electron chi connectivity index (χ0n) is 12.9. The van der Waals surface area contributed by atoms with Crippen molar-refractivity contribution in [3.8, 4) is 11.5 Å². The van der Waals surface area contributed by atoms with Gasteiger partial charge in [-0.05, 0) is 31.9 Å². The molecule has 0 N–H and O–H groups in total. The molecule has 0 saturated heterocycles. The normalized spacial score (nSPS) is 15.6. The van der Waals surface area contributed by atoms with Gasteiger partial charge in [-0.25, -0.2) is 0 Å². The van der Waals surface area contributed by atoms with Crippen LogP contribution in [0.15, 0.2) is 24.3 Å². The Bertz CT molecular complexity index is 408. The summed E-state index contributed by atoms with van der Waals surface area (Å²) in [6.07, 6.45) is 5.42. The van der Waals surface area contributed by atoms with Gasteiger partial charge < -0.3 is 9.47 Å². The van der Waals surface area contributed by atoms with Crippen LogP contribution >= 0.6 is 15.9 Å². The summed E-state index contributed by atoms with van der Waals surface area (Å²) in [4.78, 5) is 2.56. The van der Waals surface area contributed by atoms with Crippen LogP contribution in [-0.2, 0) is 0 Å². The van der Waals surface area contributed by atoms with Gasteiger partial charge >= 0.3 is 0 Å². The van der Waals surface area contributed by atoms with Crippen LogP contribution in [0.1, 0.15) is 32.6 Å². The maximum absolute atomic E-state index is 5.94. The van der Waals surface area contributed by atoms with E-state index < -0.39 is 0 Å². The van der Waals surface area contributed by atoms with Gasteiger partial charge in [0.15, 0.2) is 11.5 Å². The molecule has 0 atom stereocenters. The summed E-state index contributed by atoms with van der Waals surface area (Å²) in [5.41, 5.74) is 0. The fourth-order valence-electron chi connectivity index (χ4n) is 2.97. The fraction of sp³-hybridized carbons (Fsp3) is 0.647. The number of hydrogen-bond donors (Lipinski definition) is 0. The first-order valence-electron chi connectivity index (χ1n) is 7.99. The highest BCUT2D eigenvalue weighted by molar-refractivity contribution is 9.09. The van der Waals surface area contributed by atoms with Gasteiger partial charge in [-0.2, -0.15) is 0 Å². The Kier molecular flexibility index (Phi) is 7.37. The Labute approximate surface area is 136 Å². The molecule has 0 radical (unpaired) electrons. The maximum Gasteiger partial charge on any atom is 0.161 e. The second-order valence-corrected chi connectivity index (χ2v) is 6.18. The molecule has 0 aromatic heterocycles. The van der Waals surface area contributed by atoms with Gasteiger partial charge in [0.05, 0.1) is 6.61 Å². The summed E-state index contributed by atoms with van der Waals surface area (Å²) in [6.45, 7) is 5.46. The molecule has 4 heteroatoms. The first-order valence-corrected chi connectivity index (χ1v) is 9.12. The van der Waals surface area contributed by atoms with E-state index in [-0.39, 0.29) is 0 Å². The van der Waals surface area contributed by atoms with Crippen LogP contribution in [0.4, 0.5) is 0 Å². The summed E-state index contributed by atoms with van der Waals surface area (Å²) in [6, 6.07) is 8.66. The van der Waals surface area contributed by atoms with Crippen molar-refractivity contribution in [2.24, 2.45) is 0 Å². The Morgan fingerprint density at radius 3 is 2.38 bits per heavy atom. The summed E-state index contributed by atoms with van der Waals surface area (Å²) in [5, 5.41) is 1.03. The highest BCUT2D eigenvalue weighted by atomic mass is 79.9. The van der Waals surface area contributed by atoms with Gasteiger partial charge in [-0.3, -0.25) is 4.90 Å². The molecular weight excluding hydrogens is 330 g/mol. The van der Waals surface area contributed by atoms with Gasteiger partial charge in [-0.1, -0.05) is 40.9 Å². The second kappa shape index (κ2) is 9.31. The lowest BCUT2D eigenvalue weighted by Crippen LogP contribution is -2.37. The number of nitrogens with zero attached hydrogens (tertiary/aromatic N) is 1. The fourth-order valence-corrected chi connectivity index (χ4v) is 3.43. The predicted octanol–water partition coefficient (Wildman–Crippen LogP) is 4.10. The molecule has 3 nitrogen and oxygen atoms in total. The zero-order valence-corrected chi connectivity index (χ0v) is 14.5. The number of halogens is 1. The lowest BCUT2D eigenvalue weighted by Gasteiger charge is -2.28. The lowest BCUT2D eigenvalue weighted by atomic mass is 10.2. The van der Waals surface area contributed by atoms with E-state index in [0.29, 0.717) is 13.2 Å². The Balaban J connectivity index is 1.84. The molecule has 1 aromatic carbocycles. The summed E-state index contributed by atoms with van der Waals surface area (Å²) < 4.78 is 11.5. The Hall–Kier alpha value is -0.740. The third-order valence-electron chi connectivity index (χ3n) is 4.00. The highest BCUT2D eigenvalue weighted by Gasteiger charge is 2.21. The molecule has 0 amide bonds. The van der Waals surface area contributed by atoms with Crippen molar-refractivity contribution < 1.29 is 9.47 Å². The van der Waals surface area contributed by atoms with Crippen molar-refractivity contribution in [1.82, 2.24) is 4.90 Å². The van der Waals surface area contributed by atoms with Crippen molar-refractivity contribution in [3.05, 3.63) is 24.3 Å². The first-order chi connectivity index (χ1) is 10.3. The van der Waals surface area contributed by atoms with Gasteiger partial charge in [0.25, 0.3) is 0 Å². The molecule has 1 aliphatic carbocycles. The highest BCUT2D eigenvalue weighted by Crippen LogP contribution is 2.27. The van der Waals surface area contributed by atoms with Crippen molar-refractivity contribution in [3.63, 3.8) is 0 Å². The third-order valence-corrected chi connectivity index (χ3v) is 4.35. The monoisotopic (exact) mass is 355 g/mol. The molecule has 0 bridgehead atoms. The minimum absolute atomic E-state index is 0.665. The molecule has 0 unspecified atom stereocenters. The van der Waals surface area contributed by atoms with Crippen molar-refractivity contribution in [2.45, 2.75) is 38.6 Å². The van der Waals surface area contributed by atoms with Crippen molar-refractivity contribution in [1.29, 1.82) is 0 Å². The molecule has 2 rings (SSSR count). The molecule has 0 aliphatic heterocycles. The van der Waals surface area contributed by atoms with E-state index in [9.17, 15) is 0 Å². The molecule has 118 valence electrons. The SMILES string of the molecule is CCOc1ccccc1OCCN(CCBr)C1CCCC1. The number of alkyl halides is 1. The minimum Gasteiger partial charge on any atom is -0.490 e. The number of ether oxygens (including phenoxy) is 2. The van der Waals surface area contributed by atoms with Crippen LogP contribution in [0, 0.1) is 0 Å². The van der Waals surface area contributed by atoms with Gasteiger partial charge in [0.1, 0.15) is 6.61 Å². The smallest absolute Gasteiger partial charge is 0.161 e. The standard InChI is InChI=1S/C17H26BrNO2/c1-2-20-16-9-5-6-10-17(16)21-14-13-19(12-11-18)15-7-3-4-8-15/h5-6,9-10,15H,2-4,7-8,11-14H2,1H3. The van der Waals surface area contributed by atoms with Crippen molar-refractivity contribution in [2.75, 3.05) is 31.6 Å². The Morgan fingerprint density at radius 1 is 1.10 bits per heavy atom. The van der Waals surface area contributed by atoms with E-state index in [0.717, 1.165) is 36.0 Å². The topological polar surface area (TPSA) is 21.7 Å². The maximum atomic E-state index is 5.94. The summed E-state index contributed by atoms with van der Waals surface area (Å²) in [5.74, 6) is 1.69. The number of para-hydroxylation sites is 2. The number of rotatable bonds is 9. The van der Waals surface area contributed by atoms with Crippen LogP contribution in [0.5, 0.6) is 11.5 Å². The van der Waals surface area contributed by atoms with Gasteiger partial charge in [-0.15, -0.1) is 0 Å². The van der Waals surface area contributed by atoms with E-state index in [2.05, 4.69) is 20.8 Å². The number of hydrogen-bond acceptors (Lipinski definition) is 3. The average molecular weight is 356 g/mol. The predicted molar refractivity (Wildman–Crippen MR) is 90.7 cm³/mol. The largest absolute Gasteiger partial charge is 0.490 e. The molecule has 1 aliphatic rings. The molecule has 0 heterocycles. The van der Waals surface area contributed by atoms with E-state index in [1.807, 2.05) is 31.2 Å². The molecule has 1 saturated carbocycles.